The fraction of sp³-hybridized carbons (Fsp3) is 0.308. The Balaban J connectivity index is 1.26. The molecule has 0 aliphatic heterocycles. The van der Waals surface area contributed by atoms with Crippen LogP contribution >= 0.6 is 11.6 Å². The molecular weight excluding hydrogens is 410 g/mol. The lowest BCUT2D eigenvalue weighted by Crippen LogP contribution is -2.23. The maximum atomic E-state index is 10.2. The molecule has 0 aliphatic rings. The van der Waals surface area contributed by atoms with Crippen molar-refractivity contribution in [2.75, 3.05) is 32.9 Å². The van der Waals surface area contributed by atoms with Crippen LogP contribution in [0.2, 0.25) is 5.02 Å². The highest BCUT2D eigenvalue weighted by atomic mass is 35.5. The van der Waals surface area contributed by atoms with Crippen LogP contribution < -0.4 is 10.1 Å². The molecule has 31 heavy (non-hydrogen) atoms. The second-order valence-electron chi connectivity index (χ2n) is 7.37. The average molecular weight is 440 g/mol. The molecule has 4 nitrogen and oxygen atoms in total. The van der Waals surface area contributed by atoms with Gasteiger partial charge in [-0.05, 0) is 60.3 Å². The van der Waals surface area contributed by atoms with Crippen LogP contribution in [0.3, 0.4) is 0 Å². The summed E-state index contributed by atoms with van der Waals surface area (Å²) in [7, 11) is 0. The van der Waals surface area contributed by atoms with Crippen molar-refractivity contribution in [2.45, 2.75) is 18.9 Å². The summed E-state index contributed by atoms with van der Waals surface area (Å²) in [6.07, 6.45) is 1.23. The Bertz CT molecular complexity index is 887. The summed E-state index contributed by atoms with van der Waals surface area (Å²) in [5.41, 5.74) is 3.33. The Morgan fingerprint density at radius 1 is 0.806 bits per heavy atom. The first-order valence-electron chi connectivity index (χ1n) is 10.7. The molecule has 164 valence electrons. The highest BCUT2D eigenvalue weighted by Gasteiger charge is 2.07. The van der Waals surface area contributed by atoms with Gasteiger partial charge >= 0.3 is 0 Å². The van der Waals surface area contributed by atoms with E-state index in [4.69, 9.17) is 21.1 Å². The van der Waals surface area contributed by atoms with Crippen molar-refractivity contribution in [1.29, 1.82) is 0 Å². The zero-order chi connectivity index (χ0) is 21.7. The highest BCUT2D eigenvalue weighted by Crippen LogP contribution is 2.17. The Kier molecular flexibility index (Phi) is 9.87. The van der Waals surface area contributed by atoms with Crippen molar-refractivity contribution < 1.29 is 14.6 Å². The topological polar surface area (TPSA) is 50.7 Å². The number of aliphatic hydroxyl groups excluding tert-OH is 1. The van der Waals surface area contributed by atoms with Crippen LogP contribution in [-0.2, 0) is 17.6 Å². The van der Waals surface area contributed by atoms with Gasteiger partial charge in [-0.25, -0.2) is 0 Å². The van der Waals surface area contributed by atoms with Crippen molar-refractivity contribution in [2.24, 2.45) is 0 Å². The molecule has 3 aromatic carbocycles. The molecule has 0 radical (unpaired) electrons. The van der Waals surface area contributed by atoms with E-state index in [0.717, 1.165) is 30.7 Å². The second kappa shape index (κ2) is 13.1. The summed E-state index contributed by atoms with van der Waals surface area (Å²) in [6, 6.07) is 25.8. The number of aliphatic hydroxyl groups is 1. The van der Waals surface area contributed by atoms with Gasteiger partial charge in [-0.3, -0.25) is 0 Å². The van der Waals surface area contributed by atoms with Crippen LogP contribution in [0.1, 0.15) is 22.8 Å². The molecule has 0 aromatic heterocycles. The minimum atomic E-state index is -0.565. The molecule has 1 atom stereocenters. The van der Waals surface area contributed by atoms with Gasteiger partial charge in [0.1, 0.15) is 12.4 Å². The first-order valence-corrected chi connectivity index (χ1v) is 11.1. The van der Waals surface area contributed by atoms with Gasteiger partial charge in [0.05, 0.1) is 19.3 Å². The number of halogens is 1. The van der Waals surface area contributed by atoms with E-state index in [1.807, 2.05) is 42.5 Å². The maximum Gasteiger partial charge on any atom is 0.119 e. The number of nitrogens with one attached hydrogen (secondary N) is 1. The van der Waals surface area contributed by atoms with Gasteiger partial charge in [-0.1, -0.05) is 66.2 Å². The van der Waals surface area contributed by atoms with Crippen LogP contribution in [0.5, 0.6) is 5.75 Å². The van der Waals surface area contributed by atoms with Gasteiger partial charge in [-0.15, -0.1) is 0 Å². The van der Waals surface area contributed by atoms with Crippen LogP contribution in [-0.4, -0.2) is 38.0 Å². The summed E-state index contributed by atoms with van der Waals surface area (Å²) >= 11 is 5.97. The summed E-state index contributed by atoms with van der Waals surface area (Å²) in [6.45, 7) is 3.09. The molecule has 5 heteroatoms. The Hall–Kier alpha value is -2.37. The van der Waals surface area contributed by atoms with Gasteiger partial charge in [0.2, 0.25) is 0 Å². The lowest BCUT2D eigenvalue weighted by atomic mass is 10.1. The van der Waals surface area contributed by atoms with E-state index in [1.54, 1.807) is 12.1 Å². The minimum Gasteiger partial charge on any atom is -0.491 e. The van der Waals surface area contributed by atoms with E-state index < -0.39 is 6.10 Å². The van der Waals surface area contributed by atoms with E-state index >= 15 is 0 Å². The lowest BCUT2D eigenvalue weighted by molar-refractivity contribution is 0.102. The van der Waals surface area contributed by atoms with Crippen molar-refractivity contribution in [1.82, 2.24) is 5.32 Å². The molecule has 0 amide bonds. The predicted octanol–water partition coefficient (Wildman–Crippen LogP) is 4.84. The molecule has 0 bridgehead atoms. The molecule has 0 saturated carbocycles. The molecular formula is C26H30ClNO3. The molecule has 0 heterocycles. The van der Waals surface area contributed by atoms with E-state index in [-0.39, 0.29) is 0 Å². The van der Waals surface area contributed by atoms with Gasteiger partial charge in [-0.2, -0.15) is 0 Å². The number of rotatable bonds is 13. The third kappa shape index (κ3) is 8.72. The highest BCUT2D eigenvalue weighted by molar-refractivity contribution is 6.30. The van der Waals surface area contributed by atoms with Crippen molar-refractivity contribution in [3.63, 3.8) is 0 Å². The first kappa shape index (κ1) is 23.3. The number of hydrogen-bond donors (Lipinski definition) is 2. The van der Waals surface area contributed by atoms with Crippen molar-refractivity contribution >= 4 is 11.6 Å². The van der Waals surface area contributed by atoms with E-state index in [1.165, 1.54) is 11.1 Å². The predicted molar refractivity (Wildman–Crippen MR) is 126 cm³/mol. The molecule has 3 rings (SSSR count). The molecule has 0 aliphatic carbocycles. The smallest absolute Gasteiger partial charge is 0.119 e. The first-order chi connectivity index (χ1) is 15.2. The van der Waals surface area contributed by atoms with Crippen molar-refractivity contribution in [3.8, 4) is 5.75 Å². The Morgan fingerprint density at radius 3 is 2.35 bits per heavy atom. The number of ether oxygens (including phenoxy) is 2. The SMILES string of the molecule is O[C@@H](CNCCc1ccc(OCCOCCc2ccccc2)cc1)c1cccc(Cl)c1. The van der Waals surface area contributed by atoms with Crippen LogP contribution in [0.25, 0.3) is 0 Å². The van der Waals surface area contributed by atoms with Crippen LogP contribution in [0.15, 0.2) is 78.9 Å². The van der Waals surface area contributed by atoms with Crippen LogP contribution in [0.4, 0.5) is 0 Å². The van der Waals surface area contributed by atoms with E-state index in [2.05, 4.69) is 29.6 Å². The molecule has 0 saturated heterocycles. The fourth-order valence-electron chi connectivity index (χ4n) is 3.21. The van der Waals surface area contributed by atoms with E-state index in [9.17, 15) is 5.11 Å². The summed E-state index contributed by atoms with van der Waals surface area (Å²) in [4.78, 5) is 0. The zero-order valence-corrected chi connectivity index (χ0v) is 18.4. The standard InChI is InChI=1S/C26H30ClNO3/c27-24-8-4-7-23(19-24)26(29)20-28-15-13-22-9-11-25(12-10-22)31-18-17-30-16-14-21-5-2-1-3-6-21/h1-12,19,26,28-29H,13-18,20H2/t26-/m0/s1. The molecule has 0 unspecified atom stereocenters. The van der Waals surface area contributed by atoms with E-state index in [0.29, 0.717) is 31.4 Å². The molecule has 3 aromatic rings. The molecule has 0 fully saturated rings. The average Bonchev–Trinajstić information content (AvgIpc) is 2.80. The Labute approximate surface area is 189 Å². The molecule has 2 N–H and O–H groups in total. The molecule has 0 spiro atoms. The summed E-state index contributed by atoms with van der Waals surface area (Å²) < 4.78 is 11.4. The van der Waals surface area contributed by atoms with Gasteiger partial charge < -0.3 is 19.9 Å². The quantitative estimate of drug-likeness (QED) is 0.374. The van der Waals surface area contributed by atoms with Crippen molar-refractivity contribution in [3.05, 3.63) is 101 Å². The monoisotopic (exact) mass is 439 g/mol. The fourth-order valence-corrected chi connectivity index (χ4v) is 3.41. The Morgan fingerprint density at radius 2 is 1.58 bits per heavy atom. The number of benzene rings is 3. The number of hydrogen-bond acceptors (Lipinski definition) is 4. The van der Waals surface area contributed by atoms with Gasteiger partial charge in [0.15, 0.2) is 0 Å². The minimum absolute atomic E-state index is 0.492. The second-order valence-corrected chi connectivity index (χ2v) is 7.80. The van der Waals surface area contributed by atoms with Gasteiger partial charge in [0.25, 0.3) is 0 Å². The summed E-state index contributed by atoms with van der Waals surface area (Å²) in [5, 5.41) is 14.2. The van der Waals surface area contributed by atoms with Crippen LogP contribution in [0, 0.1) is 0 Å². The lowest BCUT2D eigenvalue weighted by Gasteiger charge is -2.13. The zero-order valence-electron chi connectivity index (χ0n) is 17.7. The maximum absolute atomic E-state index is 10.2. The summed E-state index contributed by atoms with van der Waals surface area (Å²) in [5.74, 6) is 0.847. The third-order valence-electron chi connectivity index (χ3n) is 4.96. The third-order valence-corrected chi connectivity index (χ3v) is 5.19. The van der Waals surface area contributed by atoms with Gasteiger partial charge in [0, 0.05) is 11.6 Å². The normalized spacial score (nSPS) is 11.9. The largest absolute Gasteiger partial charge is 0.491 e.